The normalized spacial score (nSPS) is 14.4. The van der Waals surface area contributed by atoms with Gasteiger partial charge in [0, 0.05) is 24.2 Å². The van der Waals surface area contributed by atoms with Gasteiger partial charge in [0.05, 0.1) is 16.2 Å². The van der Waals surface area contributed by atoms with Gasteiger partial charge in [-0.15, -0.1) is 10.2 Å². The average Bonchev–Trinajstić information content (AvgIpc) is 3.17. The molecule has 1 atom stereocenters. The van der Waals surface area contributed by atoms with E-state index in [0.29, 0.717) is 28.7 Å². The van der Waals surface area contributed by atoms with Gasteiger partial charge in [0.15, 0.2) is 0 Å². The van der Waals surface area contributed by atoms with E-state index in [9.17, 15) is 14.0 Å². The minimum Gasteiger partial charge on any atom is -0.411 e. The number of rotatable bonds is 5. The monoisotopic (exact) mass is 479 g/mol. The number of benzene rings is 2. The molecule has 0 spiro atoms. The summed E-state index contributed by atoms with van der Waals surface area (Å²) in [7, 11) is 0. The van der Waals surface area contributed by atoms with E-state index in [0.717, 1.165) is 43.3 Å². The molecule has 0 aliphatic carbocycles. The van der Waals surface area contributed by atoms with Crippen molar-refractivity contribution < 1.29 is 13.6 Å². The van der Waals surface area contributed by atoms with E-state index >= 15 is 0 Å². The van der Waals surface area contributed by atoms with Gasteiger partial charge >= 0.3 is 0 Å². The van der Waals surface area contributed by atoms with Gasteiger partial charge in [0.2, 0.25) is 11.8 Å². The Morgan fingerprint density at radius 3 is 2.79 bits per heavy atom. The molecular weight excluding hydrogens is 457 g/mol. The molecule has 5 rings (SSSR count). The van der Waals surface area contributed by atoms with E-state index in [4.69, 9.17) is 9.40 Å². The number of fused-ring (bicyclic) bond motifs is 2. The molecule has 8 nitrogen and oxygen atoms in total. The molecule has 0 unspecified atom stereocenters. The third-order valence-electron chi connectivity index (χ3n) is 5.73. The molecule has 0 bridgehead atoms. The highest BCUT2D eigenvalue weighted by atomic mass is 32.2. The highest BCUT2D eigenvalue weighted by molar-refractivity contribution is 8.00. The van der Waals surface area contributed by atoms with Crippen LogP contribution in [0.3, 0.4) is 0 Å². The second-order valence-corrected chi connectivity index (χ2v) is 9.45. The first-order chi connectivity index (χ1) is 16.5. The van der Waals surface area contributed by atoms with Crippen molar-refractivity contribution in [3.05, 3.63) is 64.5 Å². The van der Waals surface area contributed by atoms with Gasteiger partial charge in [-0.2, -0.15) is 0 Å². The zero-order chi connectivity index (χ0) is 23.7. The molecule has 1 N–H and O–H groups in total. The zero-order valence-corrected chi connectivity index (χ0v) is 19.3. The maximum Gasteiger partial charge on any atom is 0.277 e. The van der Waals surface area contributed by atoms with Gasteiger partial charge < -0.3 is 9.73 Å². The Balaban J connectivity index is 1.33. The van der Waals surface area contributed by atoms with Crippen molar-refractivity contribution in [2.45, 2.75) is 49.6 Å². The molecule has 10 heteroatoms. The number of anilines is 1. The van der Waals surface area contributed by atoms with E-state index in [-0.39, 0.29) is 28.4 Å². The number of nitrogens with one attached hydrogen (secondary N) is 1. The number of nitrogens with zero attached hydrogens (tertiary/aromatic N) is 4. The highest BCUT2D eigenvalue weighted by Gasteiger charge is 2.20. The van der Waals surface area contributed by atoms with Crippen molar-refractivity contribution >= 4 is 34.3 Å². The maximum atomic E-state index is 13.0. The van der Waals surface area contributed by atoms with Crippen molar-refractivity contribution in [3.8, 4) is 11.5 Å². The molecule has 1 aliphatic rings. The van der Waals surface area contributed by atoms with Crippen molar-refractivity contribution in [2.75, 3.05) is 5.32 Å². The summed E-state index contributed by atoms with van der Waals surface area (Å²) in [6.45, 7) is 2.42. The molecule has 174 valence electrons. The predicted molar refractivity (Wildman–Crippen MR) is 127 cm³/mol. The first kappa shape index (κ1) is 22.3. The van der Waals surface area contributed by atoms with E-state index in [1.54, 1.807) is 29.7 Å². The number of aromatic nitrogens is 4. The standard InChI is InChI=1S/C24H22FN5O3S/c1-14(21(31)26-17-9-7-16(25)8-10-17)34-24-29-28-22(33-24)15-6-11-18-19(13-15)27-20-5-3-2-4-12-30(20)23(18)32/h6-11,13-14H,2-5,12H2,1H3,(H,26,31)/t14-/m0/s1. The van der Waals surface area contributed by atoms with Crippen molar-refractivity contribution in [1.29, 1.82) is 0 Å². The Bertz CT molecular complexity index is 1420. The molecule has 1 amide bonds. The minimum atomic E-state index is -0.521. The number of hydrogen-bond donors (Lipinski definition) is 1. The smallest absolute Gasteiger partial charge is 0.277 e. The van der Waals surface area contributed by atoms with Gasteiger partial charge in [-0.3, -0.25) is 14.2 Å². The first-order valence-corrected chi connectivity index (χ1v) is 12.0. The second-order valence-electron chi connectivity index (χ2n) is 8.16. The van der Waals surface area contributed by atoms with E-state index in [2.05, 4.69) is 15.5 Å². The number of amides is 1. The molecule has 0 fully saturated rings. The Kier molecular flexibility index (Phi) is 6.14. The summed E-state index contributed by atoms with van der Waals surface area (Å²) >= 11 is 1.12. The molecule has 0 saturated carbocycles. The van der Waals surface area contributed by atoms with Gasteiger partial charge in [0.1, 0.15) is 11.6 Å². The predicted octanol–water partition coefficient (Wildman–Crippen LogP) is 4.43. The Morgan fingerprint density at radius 2 is 1.97 bits per heavy atom. The van der Waals surface area contributed by atoms with Crippen LogP contribution in [0.4, 0.5) is 10.1 Å². The van der Waals surface area contributed by atoms with Crippen LogP contribution in [0.5, 0.6) is 0 Å². The molecule has 1 aliphatic heterocycles. The SMILES string of the molecule is C[C@H](Sc1nnc(-c2ccc3c(=O)n4c(nc3c2)CCCCC4)o1)C(=O)Nc1ccc(F)cc1. The lowest BCUT2D eigenvalue weighted by Gasteiger charge is -2.10. The van der Waals surface area contributed by atoms with E-state index < -0.39 is 5.25 Å². The van der Waals surface area contributed by atoms with Crippen LogP contribution >= 0.6 is 11.8 Å². The summed E-state index contributed by atoms with van der Waals surface area (Å²) < 4.78 is 20.6. The first-order valence-electron chi connectivity index (χ1n) is 11.1. The molecule has 2 aromatic heterocycles. The lowest BCUT2D eigenvalue weighted by Crippen LogP contribution is -2.24. The van der Waals surface area contributed by atoms with Crippen molar-refractivity contribution in [2.24, 2.45) is 0 Å². The number of aryl methyl sites for hydroxylation is 1. The molecule has 4 aromatic rings. The average molecular weight is 480 g/mol. The van der Waals surface area contributed by atoms with Crippen LogP contribution in [0, 0.1) is 5.82 Å². The van der Waals surface area contributed by atoms with Crippen molar-refractivity contribution in [1.82, 2.24) is 19.7 Å². The second kappa shape index (κ2) is 9.38. The fourth-order valence-corrected chi connectivity index (χ4v) is 4.59. The Morgan fingerprint density at radius 1 is 1.15 bits per heavy atom. The summed E-state index contributed by atoms with van der Waals surface area (Å²) in [6, 6.07) is 10.8. The number of carbonyl (C=O) groups excluding carboxylic acids is 1. The molecule has 2 aromatic carbocycles. The summed E-state index contributed by atoms with van der Waals surface area (Å²) in [5, 5.41) is 11.2. The quantitative estimate of drug-likeness (QED) is 0.422. The lowest BCUT2D eigenvalue weighted by molar-refractivity contribution is -0.115. The van der Waals surface area contributed by atoms with Crippen LogP contribution in [0.2, 0.25) is 0 Å². The number of halogens is 1. The summed E-state index contributed by atoms with van der Waals surface area (Å²) in [5.74, 6) is 0.457. The van der Waals surface area contributed by atoms with Crippen molar-refractivity contribution in [3.63, 3.8) is 0 Å². The van der Waals surface area contributed by atoms with Crippen LogP contribution in [0.15, 0.2) is 56.9 Å². The zero-order valence-electron chi connectivity index (χ0n) is 18.5. The molecule has 3 heterocycles. The van der Waals surface area contributed by atoms with Crippen LogP contribution in [0.25, 0.3) is 22.4 Å². The molecule has 34 heavy (non-hydrogen) atoms. The van der Waals surface area contributed by atoms with Gasteiger partial charge in [-0.05, 0) is 62.2 Å². The topological polar surface area (TPSA) is 103 Å². The molecular formula is C24H22FN5O3S. The van der Waals surface area contributed by atoms with Gasteiger partial charge in [0.25, 0.3) is 10.8 Å². The fourth-order valence-electron chi connectivity index (χ4n) is 3.91. The minimum absolute atomic E-state index is 0.0174. The van der Waals surface area contributed by atoms with Gasteiger partial charge in [-0.1, -0.05) is 18.2 Å². The van der Waals surface area contributed by atoms with E-state index in [1.165, 1.54) is 24.3 Å². The third-order valence-corrected chi connectivity index (χ3v) is 6.66. The summed E-state index contributed by atoms with van der Waals surface area (Å²) in [5.41, 5.74) is 1.74. The Hall–Kier alpha value is -3.53. The third kappa shape index (κ3) is 4.58. The molecule has 0 radical (unpaired) electrons. The maximum absolute atomic E-state index is 13.0. The van der Waals surface area contributed by atoms with Crippen LogP contribution < -0.4 is 10.9 Å². The van der Waals surface area contributed by atoms with Crippen LogP contribution in [0.1, 0.15) is 32.0 Å². The summed E-state index contributed by atoms with van der Waals surface area (Å²) in [4.78, 5) is 30.1. The van der Waals surface area contributed by atoms with Crippen LogP contribution in [-0.2, 0) is 17.8 Å². The number of carbonyl (C=O) groups is 1. The Labute approximate surface area is 198 Å². The number of hydrogen-bond acceptors (Lipinski definition) is 7. The summed E-state index contributed by atoms with van der Waals surface area (Å²) in [6.07, 6.45) is 3.89. The highest BCUT2D eigenvalue weighted by Crippen LogP contribution is 2.28. The molecule has 0 saturated heterocycles. The fraction of sp³-hybridized carbons (Fsp3) is 0.292. The number of thioether (sulfide) groups is 1. The van der Waals surface area contributed by atoms with Crippen LogP contribution in [-0.4, -0.2) is 30.9 Å². The van der Waals surface area contributed by atoms with E-state index in [1.807, 2.05) is 0 Å². The van der Waals surface area contributed by atoms with Gasteiger partial charge in [-0.25, -0.2) is 9.37 Å². The lowest BCUT2D eigenvalue weighted by atomic mass is 10.1. The largest absolute Gasteiger partial charge is 0.411 e.